The Morgan fingerprint density at radius 1 is 1.15 bits per heavy atom. The molecule has 3 heterocycles. The fourth-order valence-electron chi connectivity index (χ4n) is 4.09. The first kappa shape index (κ1) is 20.2. The summed E-state index contributed by atoms with van der Waals surface area (Å²) in [4.78, 5) is 20.8. The quantitative estimate of drug-likeness (QED) is 0.730. The molecule has 8 heteroatoms. The van der Waals surface area contributed by atoms with E-state index in [9.17, 15) is 13.2 Å². The Morgan fingerprint density at radius 2 is 1.85 bits per heavy atom. The van der Waals surface area contributed by atoms with Gasteiger partial charge in [-0.05, 0) is 50.9 Å². The van der Waals surface area contributed by atoms with Crippen LogP contribution < -0.4 is 0 Å². The van der Waals surface area contributed by atoms with Crippen LogP contribution in [0.2, 0.25) is 0 Å². The first-order valence-electron chi connectivity index (χ1n) is 9.83. The van der Waals surface area contributed by atoms with Crippen LogP contribution in [0.15, 0.2) is 24.5 Å². The molecule has 0 saturated carbocycles. The Balaban J connectivity index is 1.65. The predicted molar refractivity (Wildman–Crippen MR) is 105 cm³/mol. The highest BCUT2D eigenvalue weighted by Crippen LogP contribution is 2.20. The number of rotatable bonds is 6. The molecular weight excluding hydrogens is 364 g/mol. The summed E-state index contributed by atoms with van der Waals surface area (Å²) >= 11 is 0. The fourth-order valence-corrected chi connectivity index (χ4v) is 5.22. The maximum Gasteiger partial charge on any atom is 0.254 e. The molecule has 0 spiro atoms. The minimum absolute atomic E-state index is 0.0495. The minimum Gasteiger partial charge on any atom is -0.337 e. The molecule has 150 valence electrons. The standard InChI is InChI=1S/C19H30N4O3S/c1-27(25,26)23(15-14-21-11-3-2-4-12-21)18-6-5-13-22(16-18)19(24)17-7-9-20-10-8-17/h7-10,18H,2-6,11-16H2,1H3. The van der Waals surface area contributed by atoms with Crippen molar-refractivity contribution in [3.8, 4) is 0 Å². The number of carbonyl (C=O) groups excluding carboxylic acids is 1. The molecule has 27 heavy (non-hydrogen) atoms. The molecule has 0 radical (unpaired) electrons. The van der Waals surface area contributed by atoms with Crippen molar-refractivity contribution in [2.75, 3.05) is 45.5 Å². The summed E-state index contributed by atoms with van der Waals surface area (Å²) in [6.45, 7) is 4.49. The Labute approximate surface area is 162 Å². The van der Waals surface area contributed by atoms with Gasteiger partial charge in [-0.15, -0.1) is 0 Å². The lowest BCUT2D eigenvalue weighted by atomic mass is 10.0. The molecule has 3 rings (SSSR count). The second-order valence-corrected chi connectivity index (χ2v) is 9.49. The van der Waals surface area contributed by atoms with Crippen LogP contribution >= 0.6 is 0 Å². The summed E-state index contributed by atoms with van der Waals surface area (Å²) in [6, 6.07) is 3.26. The molecule has 2 saturated heterocycles. The molecule has 1 unspecified atom stereocenters. The van der Waals surface area contributed by atoms with Gasteiger partial charge in [-0.3, -0.25) is 9.78 Å². The van der Waals surface area contributed by atoms with Crippen molar-refractivity contribution in [1.29, 1.82) is 0 Å². The normalized spacial score (nSPS) is 22.1. The van der Waals surface area contributed by atoms with E-state index in [0.717, 1.165) is 32.5 Å². The van der Waals surface area contributed by atoms with Crippen molar-refractivity contribution >= 4 is 15.9 Å². The van der Waals surface area contributed by atoms with Gasteiger partial charge in [0.2, 0.25) is 10.0 Å². The first-order chi connectivity index (χ1) is 12.9. The van der Waals surface area contributed by atoms with Gasteiger partial charge in [-0.1, -0.05) is 6.42 Å². The van der Waals surface area contributed by atoms with Crippen LogP contribution in [0.3, 0.4) is 0 Å². The zero-order chi connectivity index (χ0) is 19.3. The summed E-state index contributed by atoms with van der Waals surface area (Å²) in [5, 5.41) is 0. The lowest BCUT2D eigenvalue weighted by Crippen LogP contribution is -2.53. The molecule has 1 aromatic heterocycles. The van der Waals surface area contributed by atoms with Gasteiger partial charge in [-0.25, -0.2) is 8.42 Å². The van der Waals surface area contributed by atoms with Gasteiger partial charge in [-0.2, -0.15) is 4.31 Å². The molecule has 1 aromatic rings. The second-order valence-electron chi connectivity index (χ2n) is 7.56. The number of aromatic nitrogens is 1. The van der Waals surface area contributed by atoms with E-state index in [-0.39, 0.29) is 11.9 Å². The molecule has 0 bridgehead atoms. The van der Waals surface area contributed by atoms with E-state index in [0.29, 0.717) is 25.2 Å². The van der Waals surface area contributed by atoms with Crippen molar-refractivity contribution < 1.29 is 13.2 Å². The third kappa shape index (κ3) is 5.49. The first-order valence-corrected chi connectivity index (χ1v) is 11.7. The molecule has 0 N–H and O–H groups in total. The van der Waals surface area contributed by atoms with Gasteiger partial charge < -0.3 is 9.80 Å². The SMILES string of the molecule is CS(=O)(=O)N(CCN1CCCCC1)C1CCCN(C(=O)c2ccncc2)C1. The zero-order valence-corrected chi connectivity index (χ0v) is 16.9. The summed E-state index contributed by atoms with van der Waals surface area (Å²) in [5.74, 6) is -0.0495. The molecule has 2 aliphatic heterocycles. The summed E-state index contributed by atoms with van der Waals surface area (Å²) in [5.41, 5.74) is 0.602. The van der Waals surface area contributed by atoms with Crippen molar-refractivity contribution in [3.05, 3.63) is 30.1 Å². The predicted octanol–water partition coefficient (Wildman–Crippen LogP) is 1.43. The van der Waals surface area contributed by atoms with Crippen LogP contribution in [0.4, 0.5) is 0 Å². The average molecular weight is 395 g/mol. The third-order valence-electron chi connectivity index (χ3n) is 5.53. The lowest BCUT2D eigenvalue weighted by Gasteiger charge is -2.39. The Hall–Kier alpha value is -1.51. The van der Waals surface area contributed by atoms with Gasteiger partial charge in [0, 0.05) is 50.2 Å². The van der Waals surface area contributed by atoms with Gasteiger partial charge in [0.15, 0.2) is 0 Å². The molecule has 0 aliphatic carbocycles. The highest BCUT2D eigenvalue weighted by Gasteiger charge is 2.33. The van der Waals surface area contributed by atoms with E-state index < -0.39 is 10.0 Å². The number of carbonyl (C=O) groups is 1. The van der Waals surface area contributed by atoms with Crippen LogP contribution in [0, 0.1) is 0 Å². The Kier molecular flexibility index (Phi) is 6.83. The highest BCUT2D eigenvalue weighted by atomic mass is 32.2. The van der Waals surface area contributed by atoms with Crippen LogP contribution in [-0.2, 0) is 10.0 Å². The number of amides is 1. The van der Waals surface area contributed by atoms with Crippen molar-refractivity contribution in [2.24, 2.45) is 0 Å². The number of piperidine rings is 2. The Morgan fingerprint density at radius 3 is 2.52 bits per heavy atom. The molecule has 1 amide bonds. The van der Waals surface area contributed by atoms with Crippen LogP contribution in [0.25, 0.3) is 0 Å². The number of likely N-dealkylation sites (tertiary alicyclic amines) is 2. The van der Waals surface area contributed by atoms with E-state index in [1.54, 1.807) is 33.7 Å². The van der Waals surface area contributed by atoms with Crippen molar-refractivity contribution in [2.45, 2.75) is 38.1 Å². The number of sulfonamides is 1. The third-order valence-corrected chi connectivity index (χ3v) is 6.86. The second kappa shape index (κ2) is 9.12. The van der Waals surface area contributed by atoms with Gasteiger partial charge >= 0.3 is 0 Å². The molecular formula is C19H30N4O3S. The topological polar surface area (TPSA) is 73.8 Å². The van der Waals surface area contributed by atoms with Gasteiger partial charge in [0.05, 0.1) is 6.26 Å². The number of nitrogens with zero attached hydrogens (tertiary/aromatic N) is 4. The molecule has 2 fully saturated rings. The largest absolute Gasteiger partial charge is 0.337 e. The minimum atomic E-state index is -3.32. The van der Waals surface area contributed by atoms with Crippen molar-refractivity contribution in [3.63, 3.8) is 0 Å². The zero-order valence-electron chi connectivity index (χ0n) is 16.1. The molecule has 0 aromatic carbocycles. The summed E-state index contributed by atoms with van der Waals surface area (Å²) in [6.07, 6.45) is 9.76. The lowest BCUT2D eigenvalue weighted by molar-refractivity contribution is 0.0647. The summed E-state index contributed by atoms with van der Waals surface area (Å²) in [7, 11) is -3.32. The number of pyridine rings is 1. The van der Waals surface area contributed by atoms with E-state index >= 15 is 0 Å². The number of hydrogen-bond acceptors (Lipinski definition) is 5. The fraction of sp³-hybridized carbons (Fsp3) is 0.684. The monoisotopic (exact) mass is 394 g/mol. The Bertz CT molecular complexity index is 720. The van der Waals surface area contributed by atoms with Gasteiger partial charge in [0.25, 0.3) is 5.91 Å². The van der Waals surface area contributed by atoms with Crippen LogP contribution in [0.5, 0.6) is 0 Å². The van der Waals surface area contributed by atoms with E-state index in [4.69, 9.17) is 0 Å². The average Bonchev–Trinajstić information content (AvgIpc) is 2.68. The van der Waals surface area contributed by atoms with Crippen LogP contribution in [0.1, 0.15) is 42.5 Å². The highest BCUT2D eigenvalue weighted by molar-refractivity contribution is 7.88. The number of hydrogen-bond donors (Lipinski definition) is 0. The smallest absolute Gasteiger partial charge is 0.254 e. The van der Waals surface area contributed by atoms with E-state index in [1.165, 1.54) is 25.5 Å². The maximum absolute atomic E-state index is 12.7. The van der Waals surface area contributed by atoms with E-state index in [2.05, 4.69) is 9.88 Å². The van der Waals surface area contributed by atoms with Crippen molar-refractivity contribution in [1.82, 2.24) is 19.1 Å². The van der Waals surface area contributed by atoms with E-state index in [1.807, 2.05) is 0 Å². The maximum atomic E-state index is 12.7. The molecule has 7 nitrogen and oxygen atoms in total. The van der Waals surface area contributed by atoms with Gasteiger partial charge in [0.1, 0.15) is 0 Å². The van der Waals surface area contributed by atoms with Crippen LogP contribution in [-0.4, -0.2) is 85.0 Å². The summed E-state index contributed by atoms with van der Waals surface area (Å²) < 4.78 is 26.5. The molecule has 1 atom stereocenters. The molecule has 2 aliphatic rings.